The van der Waals surface area contributed by atoms with Gasteiger partial charge in [-0.25, -0.2) is 0 Å². The SMILES string of the molecule is C1=Cc2c(c3ccc(-c4c5ccc(N6CCCCC6)cc5c(-c5ccc6c7ccccc7c7ccccc7c6c5)c5ccc(N6CCCCC6)cc45)cc3c3ccccc23)CC1. The zero-order chi connectivity index (χ0) is 40.7. The van der Waals surface area contributed by atoms with Gasteiger partial charge >= 0.3 is 0 Å². The molecule has 2 saturated heterocycles. The van der Waals surface area contributed by atoms with Crippen molar-refractivity contribution in [2.24, 2.45) is 0 Å². The standard InChI is InChI=1S/C60H50N2/c1-11-31-61(32-12-1)41-25-29-53-57(37-41)59(39-23-27-51-47-19-5-3-15-43(47)45-17-7-9-21-49(45)55(51)35-39)54-30-26-42(62-33-13-2-14-34-62)38-58(54)60(53)40-24-28-52-48-20-6-4-16-44(48)46-18-8-10-22-50(46)56(52)36-40/h3-5,7-10,15-19,21-30,35-38H,1-2,6,11-14,20,31-34H2. The van der Waals surface area contributed by atoms with Crippen LogP contribution in [0.1, 0.15) is 56.1 Å². The first-order chi connectivity index (χ1) is 30.8. The second-order valence-electron chi connectivity index (χ2n) is 18.3. The molecular formula is C60H50N2. The van der Waals surface area contributed by atoms with E-state index in [0.29, 0.717) is 0 Å². The van der Waals surface area contributed by atoms with Crippen molar-refractivity contribution in [3.05, 3.63) is 163 Å². The van der Waals surface area contributed by atoms with Crippen LogP contribution in [0, 0.1) is 0 Å². The molecule has 2 fully saturated rings. The van der Waals surface area contributed by atoms with E-state index >= 15 is 0 Å². The zero-order valence-corrected chi connectivity index (χ0v) is 35.4. The molecule has 0 radical (unpaired) electrons. The van der Waals surface area contributed by atoms with E-state index in [4.69, 9.17) is 0 Å². The molecule has 0 atom stereocenters. The van der Waals surface area contributed by atoms with E-state index in [1.54, 1.807) is 0 Å². The summed E-state index contributed by atoms with van der Waals surface area (Å²) in [6, 6.07) is 56.8. The summed E-state index contributed by atoms with van der Waals surface area (Å²) >= 11 is 0. The Morgan fingerprint density at radius 1 is 0.323 bits per heavy atom. The molecule has 62 heavy (non-hydrogen) atoms. The maximum atomic E-state index is 2.64. The minimum absolute atomic E-state index is 1.09. The van der Waals surface area contributed by atoms with Gasteiger partial charge in [-0.3, -0.25) is 0 Å². The van der Waals surface area contributed by atoms with Crippen LogP contribution in [0.15, 0.2) is 152 Å². The molecular weight excluding hydrogens is 749 g/mol. The highest BCUT2D eigenvalue weighted by Gasteiger charge is 2.23. The Morgan fingerprint density at radius 3 is 1.27 bits per heavy atom. The number of aryl methyl sites for hydroxylation is 1. The first kappa shape index (κ1) is 36.1. The number of piperidine rings is 2. The molecule has 2 heteroatoms. The number of hydrogen-bond donors (Lipinski definition) is 0. The molecule has 10 aromatic carbocycles. The Morgan fingerprint density at radius 2 is 0.742 bits per heavy atom. The molecule has 0 saturated carbocycles. The lowest BCUT2D eigenvalue weighted by molar-refractivity contribution is 0.578. The highest BCUT2D eigenvalue weighted by Crippen LogP contribution is 2.49. The van der Waals surface area contributed by atoms with Crippen LogP contribution >= 0.6 is 0 Å². The number of fused-ring (bicyclic) bond motifs is 14. The summed E-state index contributed by atoms with van der Waals surface area (Å²) in [4.78, 5) is 5.27. The van der Waals surface area contributed by atoms with Crippen molar-refractivity contribution in [1.82, 2.24) is 0 Å². The van der Waals surface area contributed by atoms with Gasteiger partial charge in [-0.1, -0.05) is 121 Å². The summed E-state index contributed by atoms with van der Waals surface area (Å²) in [5.41, 5.74) is 10.9. The van der Waals surface area contributed by atoms with Crippen LogP contribution in [-0.4, -0.2) is 26.2 Å². The Bertz CT molecular complexity index is 3450. The first-order valence-electron chi connectivity index (χ1n) is 23.3. The van der Waals surface area contributed by atoms with E-state index in [0.717, 1.165) is 39.0 Å². The molecule has 2 heterocycles. The quantitative estimate of drug-likeness (QED) is 0.129. The predicted molar refractivity (Wildman–Crippen MR) is 269 cm³/mol. The average molecular weight is 799 g/mol. The van der Waals surface area contributed by atoms with Crippen molar-refractivity contribution in [2.75, 3.05) is 36.0 Å². The molecule has 0 spiro atoms. The zero-order valence-electron chi connectivity index (χ0n) is 35.4. The number of allylic oxidation sites excluding steroid dienone is 1. The third-order valence-corrected chi connectivity index (χ3v) is 14.9. The fourth-order valence-corrected chi connectivity index (χ4v) is 11.9. The third kappa shape index (κ3) is 5.62. The Balaban J connectivity index is 1.14. The number of rotatable bonds is 4. The van der Waals surface area contributed by atoms with Gasteiger partial charge in [0.25, 0.3) is 0 Å². The molecule has 3 aliphatic rings. The van der Waals surface area contributed by atoms with Crippen molar-refractivity contribution in [3.8, 4) is 22.3 Å². The van der Waals surface area contributed by atoms with E-state index < -0.39 is 0 Å². The van der Waals surface area contributed by atoms with E-state index in [1.807, 2.05) is 0 Å². The van der Waals surface area contributed by atoms with Crippen LogP contribution < -0.4 is 9.80 Å². The molecule has 2 aliphatic heterocycles. The monoisotopic (exact) mass is 798 g/mol. The first-order valence-corrected chi connectivity index (χ1v) is 23.3. The summed E-state index contributed by atoms with van der Waals surface area (Å²) < 4.78 is 0. The van der Waals surface area contributed by atoms with Gasteiger partial charge in [0.05, 0.1) is 0 Å². The maximum Gasteiger partial charge on any atom is 0.0372 e. The van der Waals surface area contributed by atoms with Gasteiger partial charge in [-0.2, -0.15) is 0 Å². The molecule has 1 aliphatic carbocycles. The van der Waals surface area contributed by atoms with Gasteiger partial charge in [0.1, 0.15) is 0 Å². The fraction of sp³-hybridized carbons (Fsp3) is 0.200. The largest absolute Gasteiger partial charge is 0.372 e. The van der Waals surface area contributed by atoms with E-state index in [-0.39, 0.29) is 0 Å². The minimum Gasteiger partial charge on any atom is -0.372 e. The van der Waals surface area contributed by atoms with Crippen LogP contribution in [0.3, 0.4) is 0 Å². The number of hydrogen-bond acceptors (Lipinski definition) is 2. The molecule has 2 nitrogen and oxygen atoms in total. The van der Waals surface area contributed by atoms with Crippen LogP contribution in [0.4, 0.5) is 11.4 Å². The smallest absolute Gasteiger partial charge is 0.0372 e. The molecule has 13 rings (SSSR count). The summed E-state index contributed by atoms with van der Waals surface area (Å²) in [6.45, 7) is 4.47. The molecule has 0 amide bonds. The number of anilines is 2. The van der Waals surface area contributed by atoms with Crippen molar-refractivity contribution >= 4 is 92.9 Å². The molecule has 0 bridgehead atoms. The second-order valence-corrected chi connectivity index (χ2v) is 18.3. The van der Waals surface area contributed by atoms with Gasteiger partial charge < -0.3 is 9.80 Å². The third-order valence-electron chi connectivity index (χ3n) is 14.9. The highest BCUT2D eigenvalue weighted by molar-refractivity contribution is 6.28. The lowest BCUT2D eigenvalue weighted by Crippen LogP contribution is -2.29. The molecule has 300 valence electrons. The fourth-order valence-electron chi connectivity index (χ4n) is 11.9. The van der Waals surface area contributed by atoms with Gasteiger partial charge in [0.15, 0.2) is 0 Å². The predicted octanol–water partition coefficient (Wildman–Crippen LogP) is 16.0. The van der Waals surface area contributed by atoms with Crippen molar-refractivity contribution < 1.29 is 0 Å². The van der Waals surface area contributed by atoms with Gasteiger partial charge in [-0.05, 0) is 197 Å². The maximum absolute atomic E-state index is 2.64. The van der Waals surface area contributed by atoms with Crippen LogP contribution in [0.25, 0.3) is 104 Å². The molecule has 0 N–H and O–H groups in total. The molecule has 10 aromatic rings. The Kier molecular flexibility index (Phi) is 8.42. The van der Waals surface area contributed by atoms with Crippen LogP contribution in [-0.2, 0) is 6.42 Å². The number of benzene rings is 10. The van der Waals surface area contributed by atoms with E-state index in [2.05, 4.69) is 168 Å². The lowest BCUT2D eigenvalue weighted by atomic mass is 9.82. The van der Waals surface area contributed by atoms with Gasteiger partial charge in [-0.15, -0.1) is 0 Å². The summed E-state index contributed by atoms with van der Waals surface area (Å²) in [5.74, 6) is 0. The summed E-state index contributed by atoms with van der Waals surface area (Å²) in [7, 11) is 0. The lowest BCUT2D eigenvalue weighted by Gasteiger charge is -2.30. The van der Waals surface area contributed by atoms with E-state index in [1.165, 1.54) is 159 Å². The van der Waals surface area contributed by atoms with Gasteiger partial charge in [0, 0.05) is 37.6 Å². The van der Waals surface area contributed by atoms with Crippen molar-refractivity contribution in [3.63, 3.8) is 0 Å². The van der Waals surface area contributed by atoms with Crippen molar-refractivity contribution in [1.29, 1.82) is 0 Å². The minimum atomic E-state index is 1.09. The normalized spacial score (nSPS) is 15.8. The molecule has 0 unspecified atom stereocenters. The highest BCUT2D eigenvalue weighted by atomic mass is 15.1. The summed E-state index contributed by atoms with van der Waals surface area (Å²) in [6.07, 6.45) is 14.6. The Labute approximate surface area is 363 Å². The molecule has 0 aromatic heterocycles. The Hall–Kier alpha value is -6.64. The van der Waals surface area contributed by atoms with Crippen LogP contribution in [0.5, 0.6) is 0 Å². The van der Waals surface area contributed by atoms with Crippen LogP contribution in [0.2, 0.25) is 0 Å². The topological polar surface area (TPSA) is 6.48 Å². The van der Waals surface area contributed by atoms with Crippen molar-refractivity contribution in [2.45, 2.75) is 51.4 Å². The summed E-state index contributed by atoms with van der Waals surface area (Å²) in [5, 5.41) is 18.7. The second kappa shape index (κ2) is 14.5. The van der Waals surface area contributed by atoms with Gasteiger partial charge in [0.2, 0.25) is 0 Å². The number of nitrogens with zero attached hydrogens (tertiary/aromatic N) is 2. The van der Waals surface area contributed by atoms with E-state index in [9.17, 15) is 0 Å². The average Bonchev–Trinajstić information content (AvgIpc) is 3.35.